The molecule has 0 bridgehead atoms. The van der Waals surface area contributed by atoms with E-state index in [4.69, 9.17) is 5.73 Å². The van der Waals surface area contributed by atoms with Gasteiger partial charge < -0.3 is 16.0 Å². The molecule has 0 spiro atoms. The minimum atomic E-state index is -0.510. The third-order valence-electron chi connectivity index (χ3n) is 3.95. The highest BCUT2D eigenvalue weighted by Crippen LogP contribution is 2.07. The molecular weight excluding hydrogens is 332 g/mol. The Morgan fingerprint density at radius 3 is 2.73 bits per heavy atom. The van der Waals surface area contributed by atoms with Crippen LogP contribution >= 0.6 is 0 Å². The molecular formula is C19H18N4O3. The van der Waals surface area contributed by atoms with Crippen molar-refractivity contribution in [1.82, 2.24) is 15.3 Å². The molecule has 7 nitrogen and oxygen atoms in total. The average Bonchev–Trinajstić information content (AvgIpc) is 2.65. The van der Waals surface area contributed by atoms with Gasteiger partial charge in [0, 0.05) is 24.9 Å². The van der Waals surface area contributed by atoms with Gasteiger partial charge in [-0.25, -0.2) is 4.98 Å². The summed E-state index contributed by atoms with van der Waals surface area (Å²) >= 11 is 0. The smallest absolute Gasteiger partial charge is 0.258 e. The number of benzene rings is 2. The fraction of sp³-hybridized carbons (Fsp3) is 0.158. The molecule has 0 unspecified atom stereocenters. The minimum Gasteiger partial charge on any atom is -0.366 e. The third-order valence-corrected chi connectivity index (χ3v) is 3.95. The third kappa shape index (κ3) is 4.13. The monoisotopic (exact) mass is 350 g/mol. The zero-order valence-corrected chi connectivity index (χ0v) is 14.0. The van der Waals surface area contributed by atoms with Gasteiger partial charge in [-0.1, -0.05) is 24.3 Å². The zero-order chi connectivity index (χ0) is 18.5. The van der Waals surface area contributed by atoms with Crippen LogP contribution in [0.3, 0.4) is 0 Å². The van der Waals surface area contributed by atoms with Gasteiger partial charge in [-0.3, -0.25) is 14.4 Å². The summed E-state index contributed by atoms with van der Waals surface area (Å²) in [5, 5.41) is 3.30. The van der Waals surface area contributed by atoms with Crippen LogP contribution in [0.4, 0.5) is 0 Å². The van der Waals surface area contributed by atoms with Crippen molar-refractivity contribution in [2.75, 3.05) is 0 Å². The van der Waals surface area contributed by atoms with Gasteiger partial charge in [0.15, 0.2) is 0 Å². The fourth-order valence-corrected chi connectivity index (χ4v) is 2.61. The number of aryl methyl sites for hydroxylation is 1. The number of hydrogen-bond acceptors (Lipinski definition) is 4. The van der Waals surface area contributed by atoms with Crippen LogP contribution in [0.15, 0.2) is 53.3 Å². The summed E-state index contributed by atoms with van der Waals surface area (Å²) < 4.78 is 0. The lowest BCUT2D eigenvalue weighted by Crippen LogP contribution is -2.24. The maximum Gasteiger partial charge on any atom is 0.258 e. The Hall–Kier alpha value is -3.48. The molecule has 0 aliphatic carbocycles. The Morgan fingerprint density at radius 1 is 1.12 bits per heavy atom. The Balaban J connectivity index is 1.58. The van der Waals surface area contributed by atoms with Crippen LogP contribution in [-0.4, -0.2) is 21.8 Å². The van der Waals surface area contributed by atoms with E-state index in [2.05, 4.69) is 15.3 Å². The quantitative estimate of drug-likeness (QED) is 0.620. The first-order valence-corrected chi connectivity index (χ1v) is 8.16. The number of carbonyl (C=O) groups is 2. The average molecular weight is 350 g/mol. The van der Waals surface area contributed by atoms with Gasteiger partial charge in [-0.05, 0) is 29.8 Å². The predicted molar refractivity (Wildman–Crippen MR) is 97.5 cm³/mol. The number of aromatic nitrogens is 2. The maximum atomic E-state index is 12.0. The van der Waals surface area contributed by atoms with Crippen LogP contribution in [0.2, 0.25) is 0 Å². The summed E-state index contributed by atoms with van der Waals surface area (Å²) in [5.41, 5.74) is 6.81. The predicted octanol–water partition coefficient (Wildman–Crippen LogP) is 1.27. The fourth-order valence-electron chi connectivity index (χ4n) is 2.61. The van der Waals surface area contributed by atoms with Crippen molar-refractivity contribution < 1.29 is 9.59 Å². The molecule has 0 saturated carbocycles. The van der Waals surface area contributed by atoms with Crippen molar-refractivity contribution in [3.63, 3.8) is 0 Å². The molecule has 132 valence electrons. The topological polar surface area (TPSA) is 118 Å². The molecule has 7 heteroatoms. The van der Waals surface area contributed by atoms with E-state index in [1.165, 1.54) is 0 Å². The number of amides is 2. The number of carbonyl (C=O) groups excluding carboxylic acids is 2. The number of aromatic amines is 1. The molecule has 2 amide bonds. The normalized spacial score (nSPS) is 10.6. The largest absolute Gasteiger partial charge is 0.366 e. The molecule has 1 aromatic heterocycles. The Bertz CT molecular complexity index is 1030. The second kappa shape index (κ2) is 7.60. The van der Waals surface area contributed by atoms with Gasteiger partial charge in [0.05, 0.1) is 10.9 Å². The van der Waals surface area contributed by atoms with Crippen LogP contribution in [0.1, 0.15) is 28.2 Å². The molecule has 4 N–H and O–H groups in total. The second-order valence-corrected chi connectivity index (χ2v) is 5.87. The lowest BCUT2D eigenvalue weighted by molar-refractivity contribution is -0.121. The van der Waals surface area contributed by atoms with E-state index in [-0.39, 0.29) is 17.9 Å². The number of fused-ring (bicyclic) bond motifs is 1. The highest BCUT2D eigenvalue weighted by atomic mass is 16.2. The van der Waals surface area contributed by atoms with Gasteiger partial charge in [-0.15, -0.1) is 0 Å². The highest BCUT2D eigenvalue weighted by Gasteiger charge is 2.07. The number of hydrogen-bond donors (Lipinski definition) is 3. The minimum absolute atomic E-state index is 0.176. The Labute approximate surface area is 149 Å². The Kier molecular flexibility index (Phi) is 5.07. The Morgan fingerprint density at radius 2 is 1.92 bits per heavy atom. The summed E-state index contributed by atoms with van der Waals surface area (Å²) in [6, 6.07) is 13.8. The van der Waals surface area contributed by atoms with Gasteiger partial charge in [0.1, 0.15) is 5.82 Å². The number of para-hydroxylation sites is 1. The van der Waals surface area contributed by atoms with Crippen LogP contribution in [0.5, 0.6) is 0 Å². The van der Waals surface area contributed by atoms with Gasteiger partial charge in [0.25, 0.3) is 5.56 Å². The van der Waals surface area contributed by atoms with Crippen molar-refractivity contribution in [3.05, 3.63) is 75.8 Å². The lowest BCUT2D eigenvalue weighted by Gasteiger charge is -2.07. The van der Waals surface area contributed by atoms with Crippen LogP contribution in [0, 0.1) is 0 Å². The number of H-pyrrole nitrogens is 1. The molecule has 0 saturated heterocycles. The molecule has 1 heterocycles. The molecule has 0 atom stereocenters. The zero-order valence-electron chi connectivity index (χ0n) is 14.0. The van der Waals surface area contributed by atoms with E-state index in [0.29, 0.717) is 35.3 Å². The van der Waals surface area contributed by atoms with Crippen LogP contribution < -0.4 is 16.6 Å². The van der Waals surface area contributed by atoms with E-state index in [9.17, 15) is 14.4 Å². The van der Waals surface area contributed by atoms with Crippen molar-refractivity contribution >= 4 is 22.7 Å². The second-order valence-electron chi connectivity index (χ2n) is 5.87. The molecule has 0 aliphatic rings. The first kappa shape index (κ1) is 17.3. The highest BCUT2D eigenvalue weighted by molar-refractivity contribution is 5.92. The number of nitrogens with one attached hydrogen (secondary N) is 2. The van der Waals surface area contributed by atoms with Crippen molar-refractivity contribution in [2.45, 2.75) is 19.4 Å². The lowest BCUT2D eigenvalue weighted by atomic mass is 10.1. The number of nitrogens with two attached hydrogens (primary N) is 1. The molecule has 3 rings (SSSR count). The summed E-state index contributed by atoms with van der Waals surface area (Å²) in [5.74, 6) is -0.214. The van der Waals surface area contributed by atoms with Crippen molar-refractivity contribution in [2.24, 2.45) is 5.73 Å². The van der Waals surface area contributed by atoms with E-state index >= 15 is 0 Å². The standard InChI is InChI=1S/C19H18N4O3/c20-18(25)13-5-3-4-12(10-13)11-21-17(24)9-8-16-22-15-7-2-1-6-14(15)19(26)23-16/h1-7,10H,8-9,11H2,(H2,20,25)(H,21,24)(H,22,23,26). The summed E-state index contributed by atoms with van der Waals surface area (Å²) in [4.78, 5) is 42.3. The molecule has 26 heavy (non-hydrogen) atoms. The van der Waals surface area contributed by atoms with Gasteiger partial charge in [0.2, 0.25) is 11.8 Å². The van der Waals surface area contributed by atoms with Crippen molar-refractivity contribution in [1.29, 1.82) is 0 Å². The first-order valence-electron chi connectivity index (χ1n) is 8.16. The molecule has 0 radical (unpaired) electrons. The van der Waals surface area contributed by atoms with Crippen LogP contribution in [0.25, 0.3) is 10.9 Å². The van der Waals surface area contributed by atoms with E-state index in [1.807, 2.05) is 6.07 Å². The molecule has 2 aromatic carbocycles. The molecule has 3 aromatic rings. The summed E-state index contributed by atoms with van der Waals surface area (Å²) in [6.07, 6.45) is 0.518. The van der Waals surface area contributed by atoms with Gasteiger partial charge in [-0.2, -0.15) is 0 Å². The maximum absolute atomic E-state index is 12.0. The molecule has 0 aliphatic heterocycles. The van der Waals surface area contributed by atoms with Crippen molar-refractivity contribution in [3.8, 4) is 0 Å². The number of primary amides is 1. The summed E-state index contributed by atoms with van der Waals surface area (Å²) in [7, 11) is 0. The van der Waals surface area contributed by atoms with E-state index in [0.717, 1.165) is 5.56 Å². The van der Waals surface area contributed by atoms with E-state index in [1.54, 1.807) is 42.5 Å². The first-order chi connectivity index (χ1) is 12.5. The van der Waals surface area contributed by atoms with Crippen LogP contribution in [-0.2, 0) is 17.8 Å². The number of rotatable bonds is 6. The number of nitrogens with zero attached hydrogens (tertiary/aromatic N) is 1. The SMILES string of the molecule is NC(=O)c1cccc(CNC(=O)CCc2nc3ccccc3c(=O)[nH]2)c1. The summed E-state index contributed by atoms with van der Waals surface area (Å²) in [6.45, 7) is 0.293. The molecule has 0 fully saturated rings. The van der Waals surface area contributed by atoms with E-state index < -0.39 is 5.91 Å². The van der Waals surface area contributed by atoms with Gasteiger partial charge >= 0.3 is 0 Å².